The highest BCUT2D eigenvalue weighted by molar-refractivity contribution is 5.95. The van der Waals surface area contributed by atoms with Gasteiger partial charge in [0.25, 0.3) is 0 Å². The number of rotatable bonds is 7. The molecular formula is C20H28F2N4O3. The topological polar surface area (TPSA) is 111 Å². The number of guanidine groups is 1. The van der Waals surface area contributed by atoms with Crippen LogP contribution in [-0.2, 0) is 4.79 Å². The van der Waals surface area contributed by atoms with Gasteiger partial charge in [-0.25, -0.2) is 0 Å². The molecule has 0 bridgehead atoms. The van der Waals surface area contributed by atoms with Crippen LogP contribution in [-0.4, -0.2) is 48.3 Å². The molecule has 9 heteroatoms. The average Bonchev–Trinajstić information content (AvgIpc) is 2.64. The van der Waals surface area contributed by atoms with Gasteiger partial charge in [0.1, 0.15) is 5.75 Å². The first-order valence-electron chi connectivity index (χ1n) is 9.62. The number of aliphatic imine (C=N–C) groups is 1. The van der Waals surface area contributed by atoms with Gasteiger partial charge >= 0.3 is 11.8 Å². The summed E-state index contributed by atoms with van der Waals surface area (Å²) in [6.07, 6.45) is 3.53. The predicted molar refractivity (Wildman–Crippen MR) is 106 cm³/mol. The quantitative estimate of drug-likeness (QED) is 0.407. The fraction of sp³-hybridized carbons (Fsp3) is 0.550. The van der Waals surface area contributed by atoms with Gasteiger partial charge < -0.3 is 21.1 Å². The largest absolute Gasteiger partial charge is 0.494 e. The Labute approximate surface area is 169 Å². The van der Waals surface area contributed by atoms with Crippen molar-refractivity contribution < 1.29 is 23.1 Å². The lowest BCUT2D eigenvalue weighted by atomic mass is 9.92. The standard InChI is InChI=1S/C20H28F2N4O3/c1-13-12-15(5-6-16(13)17(23)27)29-11-3-4-14-7-9-26(10-8-14)19(24)25-18(28)20(2,21)22/h5-6,12,14H,3-4,7-11H2,1-2H3,(H2,23,27)(H2,24,25,28). The van der Waals surface area contributed by atoms with E-state index in [1.807, 2.05) is 6.92 Å². The minimum atomic E-state index is -3.51. The van der Waals surface area contributed by atoms with Gasteiger partial charge in [-0.1, -0.05) is 0 Å². The van der Waals surface area contributed by atoms with Crippen LogP contribution in [0.2, 0.25) is 0 Å². The van der Waals surface area contributed by atoms with Crippen LogP contribution >= 0.6 is 0 Å². The highest BCUT2D eigenvalue weighted by atomic mass is 19.3. The minimum Gasteiger partial charge on any atom is -0.494 e. The molecule has 0 saturated carbocycles. The van der Waals surface area contributed by atoms with Crippen LogP contribution in [0.25, 0.3) is 0 Å². The number of alkyl halides is 2. The lowest BCUT2D eigenvalue weighted by Gasteiger charge is -2.32. The molecule has 0 unspecified atom stereocenters. The van der Waals surface area contributed by atoms with Gasteiger partial charge in [0, 0.05) is 25.6 Å². The first-order chi connectivity index (χ1) is 13.6. The van der Waals surface area contributed by atoms with Crippen molar-refractivity contribution in [3.63, 3.8) is 0 Å². The summed E-state index contributed by atoms with van der Waals surface area (Å²) in [4.78, 5) is 27.5. The number of hydrogen-bond acceptors (Lipinski definition) is 3. The zero-order valence-electron chi connectivity index (χ0n) is 16.8. The molecule has 4 N–H and O–H groups in total. The van der Waals surface area contributed by atoms with Crippen molar-refractivity contribution in [1.29, 1.82) is 0 Å². The molecule has 0 aromatic heterocycles. The summed E-state index contributed by atoms with van der Waals surface area (Å²) in [6.45, 7) is 4.03. The number of primary amides is 1. The molecule has 2 rings (SSSR count). The number of aryl methyl sites for hydroxylation is 1. The number of nitrogens with zero attached hydrogens (tertiary/aromatic N) is 2. The van der Waals surface area contributed by atoms with Crippen molar-refractivity contribution in [1.82, 2.24) is 4.90 Å². The van der Waals surface area contributed by atoms with Gasteiger partial charge in [-0.3, -0.25) is 9.59 Å². The smallest absolute Gasteiger partial charge is 0.324 e. The van der Waals surface area contributed by atoms with Crippen molar-refractivity contribution >= 4 is 17.8 Å². The van der Waals surface area contributed by atoms with Gasteiger partial charge in [-0.2, -0.15) is 13.8 Å². The zero-order valence-corrected chi connectivity index (χ0v) is 16.8. The molecule has 2 amide bonds. The van der Waals surface area contributed by atoms with Gasteiger partial charge in [-0.15, -0.1) is 0 Å². The van der Waals surface area contributed by atoms with E-state index in [4.69, 9.17) is 16.2 Å². The molecular weight excluding hydrogens is 382 g/mol. The first kappa shape index (κ1) is 22.6. The van der Waals surface area contributed by atoms with Crippen molar-refractivity contribution in [2.24, 2.45) is 22.4 Å². The van der Waals surface area contributed by atoms with Gasteiger partial charge in [0.05, 0.1) is 6.61 Å². The van der Waals surface area contributed by atoms with Crippen LogP contribution in [0.1, 0.15) is 48.5 Å². The summed E-state index contributed by atoms with van der Waals surface area (Å²) in [5.74, 6) is -4.46. The molecule has 7 nitrogen and oxygen atoms in total. The number of piperidine rings is 1. The van der Waals surface area contributed by atoms with Crippen LogP contribution in [0.5, 0.6) is 5.75 Å². The van der Waals surface area contributed by atoms with Crippen molar-refractivity contribution in [3.8, 4) is 5.75 Å². The Morgan fingerprint density at radius 1 is 1.28 bits per heavy atom. The minimum absolute atomic E-state index is 0.145. The molecule has 1 heterocycles. The third-order valence-corrected chi connectivity index (χ3v) is 5.02. The van der Waals surface area contributed by atoms with E-state index in [1.54, 1.807) is 23.1 Å². The Kier molecular flexibility index (Phi) is 7.53. The normalized spacial score (nSPS) is 16.0. The molecule has 1 saturated heterocycles. The fourth-order valence-electron chi connectivity index (χ4n) is 3.29. The fourth-order valence-corrected chi connectivity index (χ4v) is 3.29. The second kappa shape index (κ2) is 9.67. The summed E-state index contributed by atoms with van der Waals surface area (Å²) < 4.78 is 31.6. The van der Waals surface area contributed by atoms with E-state index < -0.39 is 17.7 Å². The van der Waals surface area contributed by atoms with E-state index in [1.165, 1.54) is 0 Å². The number of hydrogen-bond donors (Lipinski definition) is 2. The van der Waals surface area contributed by atoms with Crippen LogP contribution in [0.15, 0.2) is 23.2 Å². The van der Waals surface area contributed by atoms with Crippen molar-refractivity contribution in [2.75, 3.05) is 19.7 Å². The summed E-state index contributed by atoms with van der Waals surface area (Å²) >= 11 is 0. The Hall–Kier alpha value is -2.71. The number of likely N-dealkylation sites (tertiary alicyclic amines) is 1. The Balaban J connectivity index is 1.71. The maximum absolute atomic E-state index is 12.9. The lowest BCUT2D eigenvalue weighted by molar-refractivity contribution is -0.139. The molecule has 0 spiro atoms. The third kappa shape index (κ3) is 6.69. The molecule has 1 aliphatic rings. The highest BCUT2D eigenvalue weighted by Gasteiger charge is 2.33. The maximum Gasteiger partial charge on any atom is 0.324 e. The predicted octanol–water partition coefficient (Wildman–Crippen LogP) is 2.46. The second-order valence-electron chi connectivity index (χ2n) is 7.43. The monoisotopic (exact) mass is 410 g/mol. The molecule has 1 fully saturated rings. The number of halogens is 2. The van der Waals surface area contributed by atoms with E-state index in [9.17, 15) is 18.4 Å². The van der Waals surface area contributed by atoms with Crippen LogP contribution in [0.3, 0.4) is 0 Å². The number of ether oxygens (including phenoxy) is 1. The Morgan fingerprint density at radius 2 is 1.93 bits per heavy atom. The van der Waals surface area contributed by atoms with Crippen LogP contribution in [0.4, 0.5) is 8.78 Å². The second-order valence-corrected chi connectivity index (χ2v) is 7.43. The molecule has 0 atom stereocenters. The van der Waals surface area contributed by atoms with Crippen molar-refractivity contribution in [2.45, 2.75) is 45.5 Å². The SMILES string of the molecule is Cc1cc(OCCCC2CCN(C(N)=NC(=O)C(C)(F)F)CC2)ccc1C(N)=O. The number of benzene rings is 1. The summed E-state index contributed by atoms with van der Waals surface area (Å²) in [6, 6.07) is 5.18. The van der Waals surface area contributed by atoms with E-state index in [2.05, 4.69) is 4.99 Å². The molecule has 1 aromatic carbocycles. The molecule has 1 aromatic rings. The van der Waals surface area contributed by atoms with E-state index >= 15 is 0 Å². The molecule has 0 aliphatic carbocycles. The number of amides is 2. The number of nitrogens with two attached hydrogens (primary N) is 2. The van der Waals surface area contributed by atoms with Crippen LogP contribution in [0, 0.1) is 12.8 Å². The van der Waals surface area contributed by atoms with Crippen LogP contribution < -0.4 is 16.2 Å². The van der Waals surface area contributed by atoms with E-state index in [0.29, 0.717) is 43.9 Å². The Bertz CT molecular complexity index is 769. The molecule has 160 valence electrons. The zero-order chi connectivity index (χ0) is 21.6. The van der Waals surface area contributed by atoms with Gasteiger partial charge in [0.15, 0.2) is 5.96 Å². The molecule has 1 aliphatic heterocycles. The first-order valence-corrected chi connectivity index (χ1v) is 9.62. The molecule has 29 heavy (non-hydrogen) atoms. The van der Waals surface area contributed by atoms with Crippen molar-refractivity contribution in [3.05, 3.63) is 29.3 Å². The third-order valence-electron chi connectivity index (χ3n) is 5.02. The molecule has 0 radical (unpaired) electrons. The summed E-state index contributed by atoms with van der Waals surface area (Å²) in [5, 5.41) is 0. The van der Waals surface area contributed by atoms with E-state index in [0.717, 1.165) is 31.2 Å². The van der Waals surface area contributed by atoms with Gasteiger partial charge in [-0.05, 0) is 62.3 Å². The lowest BCUT2D eigenvalue weighted by Crippen LogP contribution is -2.44. The van der Waals surface area contributed by atoms with Gasteiger partial charge in [0.2, 0.25) is 5.91 Å². The summed E-state index contributed by atoms with van der Waals surface area (Å²) in [7, 11) is 0. The summed E-state index contributed by atoms with van der Waals surface area (Å²) in [5.41, 5.74) is 12.2. The average molecular weight is 410 g/mol. The number of carbonyl (C=O) groups excluding carboxylic acids is 2. The van der Waals surface area contributed by atoms with E-state index in [-0.39, 0.29) is 5.96 Å². The number of carbonyl (C=O) groups is 2. The Morgan fingerprint density at radius 3 is 2.48 bits per heavy atom. The highest BCUT2D eigenvalue weighted by Crippen LogP contribution is 2.23. The maximum atomic E-state index is 12.9.